The van der Waals surface area contributed by atoms with Gasteiger partial charge in [-0.3, -0.25) is 14.4 Å². The number of carbonyl (C=O) groups excluding carboxylic acids is 4. The van der Waals surface area contributed by atoms with Crippen LogP contribution < -0.4 is 11.2 Å². The minimum Gasteiger partial charge on any atom is -0.505 e. The number of ether oxygens (including phenoxy) is 3. The number of fused-ring (bicyclic) bond motifs is 4. The zero-order valence-electron chi connectivity index (χ0n) is 22.9. The number of amides is 1. The van der Waals surface area contributed by atoms with Gasteiger partial charge in [-0.25, -0.2) is 4.79 Å². The van der Waals surface area contributed by atoms with Crippen LogP contribution in [-0.2, 0) is 38.2 Å². The average Bonchev–Trinajstić information content (AvgIpc) is 2.90. The second-order valence-electron chi connectivity index (χ2n) is 10.1. The van der Waals surface area contributed by atoms with E-state index >= 15 is 0 Å². The maximum Gasteiger partial charge on any atom is 0.334 e. The van der Waals surface area contributed by atoms with E-state index in [2.05, 4.69) is 10.2 Å². The van der Waals surface area contributed by atoms with Crippen LogP contribution in [0.3, 0.4) is 0 Å². The van der Waals surface area contributed by atoms with Crippen LogP contribution in [0.1, 0.15) is 34.1 Å². The van der Waals surface area contributed by atoms with Crippen LogP contribution in [0.25, 0.3) is 0 Å². The zero-order chi connectivity index (χ0) is 29.0. The summed E-state index contributed by atoms with van der Waals surface area (Å²) in [6.45, 7) is 6.95. The summed E-state index contributed by atoms with van der Waals surface area (Å²) in [6.07, 6.45) is 5.02. The first-order valence-corrected chi connectivity index (χ1v) is 12.6. The molecule has 39 heavy (non-hydrogen) atoms. The number of aliphatic hydroxyl groups is 1. The van der Waals surface area contributed by atoms with E-state index in [-0.39, 0.29) is 28.7 Å². The molecular weight excluding hydrogens is 508 g/mol. The first-order valence-electron chi connectivity index (χ1n) is 12.6. The molecule has 0 saturated carbocycles. The monoisotopic (exact) mass is 544 g/mol. The smallest absolute Gasteiger partial charge is 0.334 e. The van der Waals surface area contributed by atoms with E-state index in [1.807, 2.05) is 19.9 Å². The Bertz CT molecular complexity index is 1180. The van der Waals surface area contributed by atoms with E-state index in [1.54, 1.807) is 26.2 Å². The average molecular weight is 545 g/mol. The van der Waals surface area contributed by atoms with Crippen molar-refractivity contribution in [2.24, 2.45) is 23.7 Å². The van der Waals surface area contributed by atoms with Gasteiger partial charge in [0.15, 0.2) is 0 Å². The van der Waals surface area contributed by atoms with Gasteiger partial charge in [0, 0.05) is 31.8 Å². The highest BCUT2D eigenvalue weighted by molar-refractivity contribution is 6.48. The van der Waals surface area contributed by atoms with E-state index in [0.717, 1.165) is 6.08 Å². The molecule has 1 amide bonds. The van der Waals surface area contributed by atoms with Crippen molar-refractivity contribution in [2.45, 2.75) is 58.5 Å². The largest absolute Gasteiger partial charge is 0.505 e. The van der Waals surface area contributed by atoms with Gasteiger partial charge in [-0.2, -0.15) is 5.90 Å². The number of aliphatic hydroxyl groups excluding tert-OH is 1. The summed E-state index contributed by atoms with van der Waals surface area (Å²) in [5.74, 6) is 0.0141. The molecule has 212 valence electrons. The number of hydrogen-bond acceptors (Lipinski definition) is 10. The molecule has 3 aliphatic rings. The molecule has 0 spiro atoms. The van der Waals surface area contributed by atoms with E-state index in [9.17, 15) is 24.3 Å². The molecule has 0 radical (unpaired) electrons. The highest BCUT2D eigenvalue weighted by Crippen LogP contribution is 2.38. The standard InChI is InChI=1S/C28H36N2O9/c1-13-8-7-9-19(36-5)21(28(35)39-29)14(2)10-15(3)25-20(37-6)11-16(4)26(38-25)22-23(32)17(30-27(13)34)12-18(31)24(22)33/h7-10,12,15-16,19-21,25-26,32H,11,29H2,1-6H3,(H,30,34)/b9-7-,13-8+,14-10+/t15-,16-,19-,20-,21-,25+,26+/m0/s1. The van der Waals surface area contributed by atoms with Gasteiger partial charge >= 0.3 is 5.97 Å². The fraction of sp³-hybridized carbons (Fsp3) is 0.500. The minimum atomic E-state index is -0.958. The van der Waals surface area contributed by atoms with Crippen LogP contribution in [0.5, 0.6) is 0 Å². The third-order valence-electron chi connectivity index (χ3n) is 7.39. The number of rotatable bonds is 3. The fourth-order valence-corrected chi connectivity index (χ4v) is 5.27. The van der Waals surface area contributed by atoms with Crippen LogP contribution in [0.4, 0.5) is 0 Å². The van der Waals surface area contributed by atoms with Crippen LogP contribution in [0.2, 0.25) is 0 Å². The summed E-state index contributed by atoms with van der Waals surface area (Å²) in [6, 6.07) is 0. The summed E-state index contributed by atoms with van der Waals surface area (Å²) < 4.78 is 17.7. The number of Topliss-reactive ketones (excluding diaryl/α,β-unsaturated/α-hetero) is 1. The highest BCUT2D eigenvalue weighted by Gasteiger charge is 2.45. The Morgan fingerprint density at radius 3 is 2.46 bits per heavy atom. The van der Waals surface area contributed by atoms with Gasteiger partial charge in [-0.05, 0) is 26.2 Å². The molecule has 11 heteroatoms. The summed E-state index contributed by atoms with van der Waals surface area (Å²) in [5, 5.41) is 13.6. The lowest BCUT2D eigenvalue weighted by Gasteiger charge is -2.43. The Balaban J connectivity index is 2.20. The van der Waals surface area contributed by atoms with E-state index in [4.69, 9.17) is 20.1 Å². The molecule has 2 aliphatic heterocycles. The molecule has 1 saturated heterocycles. The third kappa shape index (κ3) is 6.27. The predicted octanol–water partition coefficient (Wildman–Crippen LogP) is 1.91. The number of methoxy groups -OCH3 is 2. The molecular formula is C28H36N2O9. The summed E-state index contributed by atoms with van der Waals surface area (Å²) in [7, 11) is 2.98. The van der Waals surface area contributed by atoms with Crippen molar-refractivity contribution < 1.29 is 43.3 Å². The van der Waals surface area contributed by atoms with Crippen LogP contribution >= 0.6 is 0 Å². The SMILES string of the molecule is CO[C@H]1/C=C\C=C(/C)C(=O)NC2=CC(=O)C(=O)C(=C2O)[C@@H]2O[C@@H]([C@@H](OC)C[C@@H]2C)[C@@H](C)/C=C(\C)[C@@H]1C(=O)ON. The van der Waals surface area contributed by atoms with E-state index in [1.165, 1.54) is 20.1 Å². The minimum absolute atomic E-state index is 0.189. The van der Waals surface area contributed by atoms with Crippen molar-refractivity contribution in [1.29, 1.82) is 0 Å². The summed E-state index contributed by atoms with van der Waals surface area (Å²) in [5.41, 5.74) is 0.398. The van der Waals surface area contributed by atoms with Crippen molar-refractivity contribution in [1.82, 2.24) is 5.32 Å². The Hall–Kier alpha value is -3.38. The number of carbonyl (C=O) groups is 4. The third-order valence-corrected chi connectivity index (χ3v) is 7.39. The second-order valence-corrected chi connectivity index (χ2v) is 10.1. The van der Waals surface area contributed by atoms with Crippen molar-refractivity contribution >= 4 is 23.4 Å². The normalized spacial score (nSPS) is 36.0. The van der Waals surface area contributed by atoms with Crippen molar-refractivity contribution in [3.8, 4) is 0 Å². The Morgan fingerprint density at radius 2 is 1.85 bits per heavy atom. The molecule has 4 bridgehead atoms. The molecule has 7 atom stereocenters. The van der Waals surface area contributed by atoms with E-state index in [0.29, 0.717) is 12.0 Å². The van der Waals surface area contributed by atoms with Crippen molar-refractivity contribution in [3.05, 3.63) is 58.6 Å². The van der Waals surface area contributed by atoms with Crippen LogP contribution in [0.15, 0.2) is 58.6 Å². The van der Waals surface area contributed by atoms with Crippen LogP contribution in [0, 0.1) is 17.8 Å². The molecule has 11 nitrogen and oxygen atoms in total. The first kappa shape index (κ1) is 30.2. The van der Waals surface area contributed by atoms with E-state index < -0.39 is 59.5 Å². The Labute approximate surface area is 227 Å². The topological polar surface area (TPSA) is 163 Å². The molecule has 0 aromatic heterocycles. The number of nitrogens with one attached hydrogen (secondary N) is 1. The molecule has 0 unspecified atom stereocenters. The van der Waals surface area contributed by atoms with Gasteiger partial charge in [-0.15, -0.1) is 0 Å². The quantitative estimate of drug-likeness (QED) is 0.207. The number of nitrogens with two attached hydrogens (primary N) is 1. The molecule has 4 N–H and O–H groups in total. The van der Waals surface area contributed by atoms with Gasteiger partial charge in [0.1, 0.15) is 11.7 Å². The van der Waals surface area contributed by atoms with Gasteiger partial charge in [-0.1, -0.05) is 43.7 Å². The van der Waals surface area contributed by atoms with Crippen molar-refractivity contribution in [2.75, 3.05) is 14.2 Å². The number of allylic oxidation sites excluding steroid dienone is 3. The number of hydrogen-bond donors (Lipinski definition) is 3. The Kier molecular flexibility index (Phi) is 9.78. The maximum absolute atomic E-state index is 13.0. The van der Waals surface area contributed by atoms with Gasteiger partial charge < -0.3 is 29.5 Å². The molecule has 1 aliphatic carbocycles. The summed E-state index contributed by atoms with van der Waals surface area (Å²) in [4.78, 5) is 55.7. The van der Waals surface area contributed by atoms with Gasteiger partial charge in [0.05, 0.1) is 35.7 Å². The molecule has 0 aromatic rings. The number of ketones is 2. The zero-order valence-corrected chi connectivity index (χ0v) is 22.9. The lowest BCUT2D eigenvalue weighted by molar-refractivity contribution is -0.157. The molecule has 0 aromatic carbocycles. The van der Waals surface area contributed by atoms with Gasteiger partial charge in [0.25, 0.3) is 5.91 Å². The van der Waals surface area contributed by atoms with Crippen LogP contribution in [-0.4, -0.2) is 67.2 Å². The lowest BCUT2D eigenvalue weighted by atomic mass is 9.80. The fourth-order valence-electron chi connectivity index (χ4n) is 5.27. The molecule has 1 fully saturated rings. The summed E-state index contributed by atoms with van der Waals surface area (Å²) >= 11 is 0. The first-order chi connectivity index (χ1) is 18.4. The Morgan fingerprint density at radius 1 is 1.15 bits per heavy atom. The lowest BCUT2D eigenvalue weighted by Crippen LogP contribution is -2.50. The molecule has 3 rings (SSSR count). The van der Waals surface area contributed by atoms with Gasteiger partial charge in [0.2, 0.25) is 11.6 Å². The highest BCUT2D eigenvalue weighted by atomic mass is 16.7. The molecule has 2 heterocycles. The predicted molar refractivity (Wildman–Crippen MR) is 140 cm³/mol. The second kappa shape index (κ2) is 12.6. The maximum atomic E-state index is 13.0. The van der Waals surface area contributed by atoms with Crippen molar-refractivity contribution in [3.63, 3.8) is 0 Å².